The molecule has 124 valence electrons. The molecule has 2 aromatic rings. The number of carbonyl (C=O) groups excluding carboxylic acids is 1. The van der Waals surface area contributed by atoms with E-state index in [2.05, 4.69) is 25.7 Å². The second-order valence-corrected chi connectivity index (χ2v) is 13.9. The number of rotatable bonds is 3. The molecule has 2 aromatic heterocycles. The molecule has 1 unspecified atom stereocenters. The Morgan fingerprint density at radius 3 is 2.87 bits per heavy atom. The van der Waals surface area contributed by atoms with Crippen molar-refractivity contribution in [1.82, 2.24) is 4.98 Å². The molecule has 0 saturated carbocycles. The molecule has 23 heavy (non-hydrogen) atoms. The monoisotopic (exact) mass is 348 g/mol. The predicted molar refractivity (Wildman–Crippen MR) is 99.1 cm³/mol. The van der Waals surface area contributed by atoms with Crippen LogP contribution in [0.15, 0.2) is 6.07 Å². The lowest BCUT2D eigenvalue weighted by atomic mass is 9.95. The van der Waals surface area contributed by atoms with Crippen LogP contribution in [0.2, 0.25) is 25.2 Å². The summed E-state index contributed by atoms with van der Waals surface area (Å²) in [6.45, 7) is 9.47. The Kier molecular flexibility index (Phi) is 4.23. The average molecular weight is 349 g/mol. The highest BCUT2D eigenvalue weighted by Gasteiger charge is 2.31. The summed E-state index contributed by atoms with van der Waals surface area (Å²) in [6.07, 6.45) is 3.36. The van der Waals surface area contributed by atoms with Gasteiger partial charge in [0, 0.05) is 19.2 Å². The number of ether oxygens (including phenoxy) is 1. The van der Waals surface area contributed by atoms with Gasteiger partial charge in [-0.15, -0.1) is 11.3 Å². The molecule has 0 spiro atoms. The first-order valence-corrected chi connectivity index (χ1v) is 12.6. The number of hydrogen-bond donors (Lipinski definition) is 1. The minimum absolute atomic E-state index is 0.342. The highest BCUT2D eigenvalue weighted by atomic mass is 32.1. The third kappa shape index (κ3) is 3.02. The zero-order valence-corrected chi connectivity index (χ0v) is 16.0. The van der Waals surface area contributed by atoms with Crippen molar-refractivity contribution in [2.24, 2.45) is 0 Å². The Morgan fingerprint density at radius 2 is 2.22 bits per heavy atom. The SMILES string of the molecule is CCOC(=O)c1sc2nc3c(cc2c1N)CC([Si](C)(C)C)CC3. The van der Waals surface area contributed by atoms with Crippen molar-refractivity contribution in [2.75, 3.05) is 12.3 Å². The molecular weight excluding hydrogens is 324 g/mol. The Balaban J connectivity index is 2.02. The second-order valence-electron chi connectivity index (χ2n) is 7.32. The third-order valence-corrected chi connectivity index (χ3v) is 8.81. The summed E-state index contributed by atoms with van der Waals surface area (Å²) < 4.78 is 5.09. The van der Waals surface area contributed by atoms with Gasteiger partial charge in [0.15, 0.2) is 0 Å². The first kappa shape index (κ1) is 16.5. The molecule has 1 aliphatic carbocycles. The van der Waals surface area contributed by atoms with Crippen LogP contribution in [0.4, 0.5) is 5.69 Å². The van der Waals surface area contributed by atoms with Crippen molar-refractivity contribution in [3.8, 4) is 0 Å². The van der Waals surface area contributed by atoms with Crippen molar-refractivity contribution in [3.63, 3.8) is 0 Å². The number of esters is 1. The first-order chi connectivity index (χ1) is 10.8. The van der Waals surface area contributed by atoms with Crippen LogP contribution in [0.3, 0.4) is 0 Å². The number of nitrogens with zero attached hydrogens (tertiary/aromatic N) is 1. The van der Waals surface area contributed by atoms with E-state index >= 15 is 0 Å². The van der Waals surface area contributed by atoms with Crippen LogP contribution >= 0.6 is 11.3 Å². The van der Waals surface area contributed by atoms with Gasteiger partial charge >= 0.3 is 5.97 Å². The van der Waals surface area contributed by atoms with Gasteiger partial charge in [-0.25, -0.2) is 9.78 Å². The Bertz CT molecular complexity index is 764. The first-order valence-electron chi connectivity index (χ1n) is 8.19. The molecule has 3 rings (SSSR count). The molecule has 2 heterocycles. The fourth-order valence-corrected chi connectivity index (χ4v) is 6.11. The highest BCUT2D eigenvalue weighted by Crippen LogP contribution is 2.40. The van der Waals surface area contributed by atoms with Gasteiger partial charge in [0.1, 0.15) is 9.71 Å². The smallest absolute Gasteiger partial charge is 0.350 e. The van der Waals surface area contributed by atoms with Gasteiger partial charge in [-0.2, -0.15) is 0 Å². The molecule has 0 aliphatic heterocycles. The van der Waals surface area contributed by atoms with Gasteiger partial charge in [-0.3, -0.25) is 0 Å². The number of hydrogen-bond acceptors (Lipinski definition) is 5. The minimum Gasteiger partial charge on any atom is -0.462 e. The fourth-order valence-electron chi connectivity index (χ4n) is 3.28. The zero-order chi connectivity index (χ0) is 16.8. The van der Waals surface area contributed by atoms with Gasteiger partial charge in [-0.1, -0.05) is 19.6 Å². The van der Waals surface area contributed by atoms with E-state index in [1.54, 1.807) is 6.92 Å². The number of anilines is 1. The van der Waals surface area contributed by atoms with Crippen LogP contribution in [-0.4, -0.2) is 25.6 Å². The number of thiophene rings is 1. The molecule has 0 fully saturated rings. The van der Waals surface area contributed by atoms with Crippen molar-refractivity contribution in [2.45, 2.75) is 51.4 Å². The lowest BCUT2D eigenvalue weighted by Crippen LogP contribution is -2.32. The van der Waals surface area contributed by atoms with E-state index in [4.69, 9.17) is 15.5 Å². The van der Waals surface area contributed by atoms with Gasteiger partial charge in [0.05, 0.1) is 12.3 Å². The Morgan fingerprint density at radius 1 is 1.48 bits per heavy atom. The van der Waals surface area contributed by atoms with E-state index in [0.717, 1.165) is 28.6 Å². The lowest BCUT2D eigenvalue weighted by Gasteiger charge is -2.33. The number of nitrogen functional groups attached to an aromatic ring is 1. The molecule has 1 atom stereocenters. The standard InChI is InChI=1S/C17H24N2O2SSi/c1-5-21-17(20)15-14(18)12-9-10-8-11(23(2,3)4)6-7-13(10)19-16(12)22-15/h9,11H,5-8,18H2,1-4H3. The predicted octanol–water partition coefficient (Wildman–Crippen LogP) is 4.25. The summed E-state index contributed by atoms with van der Waals surface area (Å²) in [5.74, 6) is -0.342. The largest absolute Gasteiger partial charge is 0.462 e. The lowest BCUT2D eigenvalue weighted by molar-refractivity contribution is 0.0533. The summed E-state index contributed by atoms with van der Waals surface area (Å²) in [4.78, 5) is 18.2. The quantitative estimate of drug-likeness (QED) is 0.665. The van der Waals surface area contributed by atoms with Gasteiger partial charge in [0.2, 0.25) is 0 Å². The van der Waals surface area contributed by atoms with Gasteiger partial charge in [-0.05, 0) is 43.4 Å². The summed E-state index contributed by atoms with van der Waals surface area (Å²) in [6, 6.07) is 2.17. The number of pyridine rings is 1. The van der Waals surface area contributed by atoms with Crippen LogP contribution < -0.4 is 5.73 Å². The van der Waals surface area contributed by atoms with Crippen molar-refractivity contribution >= 4 is 41.3 Å². The molecule has 0 amide bonds. The molecule has 1 aliphatic rings. The maximum atomic E-state index is 12.0. The van der Waals surface area contributed by atoms with E-state index < -0.39 is 8.07 Å². The summed E-state index contributed by atoms with van der Waals surface area (Å²) in [5.41, 5.74) is 10.0. The maximum absolute atomic E-state index is 12.0. The Labute approximate surface area is 142 Å². The van der Waals surface area contributed by atoms with Crippen LogP contribution in [0.1, 0.15) is 34.3 Å². The number of nitrogens with two attached hydrogens (primary N) is 1. The number of aromatic nitrogens is 1. The highest BCUT2D eigenvalue weighted by molar-refractivity contribution is 7.21. The maximum Gasteiger partial charge on any atom is 0.350 e. The molecule has 0 bridgehead atoms. The molecule has 0 aromatic carbocycles. The molecular formula is C17H24N2O2SSi. The molecule has 6 heteroatoms. The fraction of sp³-hybridized carbons (Fsp3) is 0.529. The topological polar surface area (TPSA) is 65.2 Å². The molecule has 4 nitrogen and oxygen atoms in total. The third-order valence-electron chi connectivity index (χ3n) is 4.77. The Hall–Kier alpha value is -1.40. The van der Waals surface area contributed by atoms with E-state index in [1.165, 1.54) is 29.0 Å². The van der Waals surface area contributed by atoms with Gasteiger partial charge < -0.3 is 10.5 Å². The van der Waals surface area contributed by atoms with E-state index in [0.29, 0.717) is 17.2 Å². The molecule has 0 saturated heterocycles. The number of carbonyl (C=O) groups is 1. The van der Waals surface area contributed by atoms with Crippen molar-refractivity contribution in [1.29, 1.82) is 0 Å². The molecule has 2 N–H and O–H groups in total. The number of fused-ring (bicyclic) bond motifs is 2. The zero-order valence-electron chi connectivity index (χ0n) is 14.2. The summed E-state index contributed by atoms with van der Waals surface area (Å²) >= 11 is 1.35. The normalized spacial score (nSPS) is 18.0. The minimum atomic E-state index is -1.16. The van der Waals surface area contributed by atoms with E-state index in [9.17, 15) is 4.79 Å². The molecule has 0 radical (unpaired) electrons. The van der Waals surface area contributed by atoms with Crippen LogP contribution in [0.5, 0.6) is 0 Å². The van der Waals surface area contributed by atoms with Gasteiger partial charge in [0.25, 0.3) is 0 Å². The van der Waals surface area contributed by atoms with Crippen molar-refractivity contribution < 1.29 is 9.53 Å². The van der Waals surface area contributed by atoms with Crippen LogP contribution in [-0.2, 0) is 17.6 Å². The average Bonchev–Trinajstić information content (AvgIpc) is 2.80. The number of aryl methyl sites for hydroxylation is 1. The van der Waals surface area contributed by atoms with Crippen molar-refractivity contribution in [3.05, 3.63) is 22.2 Å². The second kappa shape index (κ2) is 5.91. The summed E-state index contributed by atoms with van der Waals surface area (Å²) in [5, 5.41) is 0.910. The van der Waals surface area contributed by atoms with E-state index in [-0.39, 0.29) is 5.97 Å². The van der Waals surface area contributed by atoms with Crippen LogP contribution in [0, 0.1) is 0 Å². The van der Waals surface area contributed by atoms with Crippen LogP contribution in [0.25, 0.3) is 10.2 Å². The summed E-state index contributed by atoms with van der Waals surface area (Å²) in [7, 11) is -1.16. The van der Waals surface area contributed by atoms with E-state index in [1.807, 2.05) is 0 Å².